The van der Waals surface area contributed by atoms with Crippen molar-refractivity contribution in [2.75, 3.05) is 38.1 Å². The van der Waals surface area contributed by atoms with Gasteiger partial charge in [-0.2, -0.15) is 0 Å². The van der Waals surface area contributed by atoms with E-state index >= 15 is 0 Å². The van der Waals surface area contributed by atoms with Crippen molar-refractivity contribution in [3.8, 4) is 0 Å². The summed E-state index contributed by atoms with van der Waals surface area (Å²) in [6.07, 6.45) is 0. The zero-order valence-electron chi connectivity index (χ0n) is 15.7. The predicted octanol–water partition coefficient (Wildman–Crippen LogP) is 2.35. The fraction of sp³-hybridized carbons (Fsp3) is 0.611. The summed E-state index contributed by atoms with van der Waals surface area (Å²) < 4.78 is 13.6. The Bertz CT molecular complexity index is 768. The Kier molecular flexibility index (Phi) is 4.11. The van der Waals surface area contributed by atoms with Gasteiger partial charge in [0.05, 0.1) is 21.4 Å². The van der Waals surface area contributed by atoms with Crippen LogP contribution in [0.5, 0.6) is 0 Å². The molecule has 2 aliphatic rings. The first kappa shape index (κ1) is 17.3. The largest absolute Gasteiger partial charge is 0.494 e. The van der Waals surface area contributed by atoms with Gasteiger partial charge in [-0.15, -0.1) is 0 Å². The van der Waals surface area contributed by atoms with Crippen LogP contribution in [-0.4, -0.2) is 61.4 Å². The van der Waals surface area contributed by atoms with Crippen LogP contribution in [0.4, 0.5) is 5.13 Å². The number of fused-ring (bicyclic) bond motifs is 1. The highest BCUT2D eigenvalue weighted by Crippen LogP contribution is 2.37. The molecule has 0 atom stereocenters. The van der Waals surface area contributed by atoms with Crippen molar-refractivity contribution in [2.45, 2.75) is 38.9 Å². The summed E-state index contributed by atoms with van der Waals surface area (Å²) in [4.78, 5) is 9.58. The van der Waals surface area contributed by atoms with Crippen LogP contribution in [-0.2, 0) is 9.31 Å². The van der Waals surface area contributed by atoms with Crippen LogP contribution in [0.2, 0.25) is 0 Å². The summed E-state index contributed by atoms with van der Waals surface area (Å²) in [5.41, 5.74) is 1.50. The van der Waals surface area contributed by atoms with Crippen LogP contribution in [0.1, 0.15) is 27.7 Å². The second kappa shape index (κ2) is 5.94. The van der Waals surface area contributed by atoms with Crippen molar-refractivity contribution in [3.63, 3.8) is 0 Å². The summed E-state index contributed by atoms with van der Waals surface area (Å²) in [5.74, 6) is 0. The molecule has 0 spiro atoms. The van der Waals surface area contributed by atoms with Gasteiger partial charge in [0, 0.05) is 26.2 Å². The third-order valence-electron chi connectivity index (χ3n) is 5.70. The van der Waals surface area contributed by atoms with Crippen molar-refractivity contribution in [1.29, 1.82) is 0 Å². The Balaban J connectivity index is 1.59. The first-order valence-corrected chi connectivity index (χ1v) is 9.76. The molecule has 0 amide bonds. The number of benzene rings is 1. The molecule has 2 aromatic rings. The molecule has 4 rings (SSSR count). The quantitative estimate of drug-likeness (QED) is 0.770. The molecular weight excluding hydrogens is 333 g/mol. The van der Waals surface area contributed by atoms with E-state index in [9.17, 15) is 0 Å². The summed E-state index contributed by atoms with van der Waals surface area (Å²) in [5, 5.41) is 1.12. The van der Waals surface area contributed by atoms with Gasteiger partial charge in [0.2, 0.25) is 0 Å². The lowest BCUT2D eigenvalue weighted by Gasteiger charge is -2.32. The number of piperazine rings is 1. The van der Waals surface area contributed by atoms with Crippen molar-refractivity contribution >= 4 is 39.3 Å². The molecule has 1 aromatic heterocycles. The Morgan fingerprint density at radius 3 is 2.32 bits per heavy atom. The Hall–Kier alpha value is -1.15. The van der Waals surface area contributed by atoms with E-state index in [1.165, 1.54) is 4.70 Å². The van der Waals surface area contributed by atoms with Gasteiger partial charge in [-0.25, -0.2) is 4.98 Å². The average molecular weight is 359 g/mol. The second-order valence-corrected chi connectivity index (χ2v) is 9.11. The van der Waals surface area contributed by atoms with Crippen molar-refractivity contribution in [1.82, 2.24) is 9.88 Å². The minimum Gasteiger partial charge on any atom is -0.399 e. The highest BCUT2D eigenvalue weighted by atomic mass is 32.1. The lowest BCUT2D eigenvalue weighted by atomic mass is 9.79. The van der Waals surface area contributed by atoms with Gasteiger partial charge < -0.3 is 19.1 Å². The average Bonchev–Trinajstić information content (AvgIpc) is 3.05. The Morgan fingerprint density at radius 2 is 1.68 bits per heavy atom. The molecule has 1 aromatic carbocycles. The van der Waals surface area contributed by atoms with Crippen LogP contribution in [0.3, 0.4) is 0 Å². The van der Waals surface area contributed by atoms with Crippen molar-refractivity contribution in [2.24, 2.45) is 0 Å². The SMILES string of the molecule is CN1CCN(c2nc3ccc(B4OC(C)(C)C(C)(C)O4)cc3s2)CC1. The first-order chi connectivity index (χ1) is 11.7. The first-order valence-electron chi connectivity index (χ1n) is 8.95. The number of likely N-dealkylation sites (N-methyl/N-ethyl adjacent to an activating group) is 1. The monoisotopic (exact) mass is 359 g/mol. The van der Waals surface area contributed by atoms with Gasteiger partial charge >= 0.3 is 7.12 Å². The molecule has 3 heterocycles. The molecule has 0 bridgehead atoms. The standard InChI is InChI=1S/C18H26BN3O2S/c1-17(2)18(3,4)24-19(23-17)13-6-7-14-15(12-13)25-16(20-14)22-10-8-21(5)9-11-22/h6-7,12H,8-11H2,1-5H3. The predicted molar refractivity (Wildman–Crippen MR) is 105 cm³/mol. The number of anilines is 1. The van der Waals surface area contributed by atoms with Gasteiger partial charge in [0.15, 0.2) is 5.13 Å². The van der Waals surface area contributed by atoms with E-state index in [0.29, 0.717) is 0 Å². The van der Waals surface area contributed by atoms with E-state index < -0.39 is 0 Å². The van der Waals surface area contributed by atoms with Crippen LogP contribution in [0.15, 0.2) is 18.2 Å². The lowest BCUT2D eigenvalue weighted by molar-refractivity contribution is 0.00578. The van der Waals surface area contributed by atoms with Crippen LogP contribution in [0, 0.1) is 0 Å². The normalized spacial score (nSPS) is 23.6. The molecule has 2 fully saturated rings. The maximum absolute atomic E-state index is 6.18. The fourth-order valence-corrected chi connectivity index (χ4v) is 4.25. The molecule has 0 N–H and O–H groups in total. The van der Waals surface area contributed by atoms with Crippen molar-refractivity contribution in [3.05, 3.63) is 18.2 Å². The molecule has 0 aliphatic carbocycles. The number of hydrogen-bond donors (Lipinski definition) is 0. The van der Waals surface area contributed by atoms with Crippen molar-refractivity contribution < 1.29 is 9.31 Å². The van der Waals surface area contributed by atoms with Gasteiger partial charge in [0.25, 0.3) is 0 Å². The van der Waals surface area contributed by atoms with E-state index in [-0.39, 0.29) is 18.3 Å². The Morgan fingerprint density at radius 1 is 1.04 bits per heavy atom. The molecule has 134 valence electrons. The minimum absolute atomic E-state index is 0.314. The summed E-state index contributed by atoms with van der Waals surface area (Å²) in [7, 11) is 1.86. The van der Waals surface area contributed by atoms with E-state index in [2.05, 4.69) is 62.7 Å². The third-order valence-corrected chi connectivity index (χ3v) is 6.78. The van der Waals surface area contributed by atoms with Gasteiger partial charge in [-0.1, -0.05) is 17.4 Å². The molecule has 7 heteroatoms. The summed E-state index contributed by atoms with van der Waals surface area (Å²) in [6, 6.07) is 6.35. The number of hydrogen-bond acceptors (Lipinski definition) is 6. The maximum Gasteiger partial charge on any atom is 0.494 e. The fourth-order valence-electron chi connectivity index (χ4n) is 3.19. The van der Waals surface area contributed by atoms with E-state index in [1.807, 2.05) is 0 Å². The van der Waals surface area contributed by atoms with E-state index in [1.54, 1.807) is 11.3 Å². The molecule has 0 unspecified atom stereocenters. The molecule has 5 nitrogen and oxygen atoms in total. The molecule has 2 aliphatic heterocycles. The second-order valence-electron chi connectivity index (χ2n) is 8.10. The maximum atomic E-state index is 6.18. The van der Waals surface area contributed by atoms with Crippen LogP contribution >= 0.6 is 11.3 Å². The van der Waals surface area contributed by atoms with Crippen LogP contribution < -0.4 is 10.4 Å². The number of thiazole rings is 1. The van der Waals surface area contributed by atoms with E-state index in [4.69, 9.17) is 14.3 Å². The molecule has 0 saturated carbocycles. The molecular formula is C18H26BN3O2S. The molecule has 0 radical (unpaired) electrons. The number of rotatable bonds is 2. The lowest BCUT2D eigenvalue weighted by Crippen LogP contribution is -2.44. The van der Waals surface area contributed by atoms with Gasteiger partial charge in [0.1, 0.15) is 0 Å². The summed E-state index contributed by atoms with van der Waals surface area (Å²) >= 11 is 1.76. The topological polar surface area (TPSA) is 37.8 Å². The van der Waals surface area contributed by atoms with Crippen LogP contribution in [0.25, 0.3) is 10.2 Å². The third kappa shape index (κ3) is 3.08. The number of nitrogens with zero attached hydrogens (tertiary/aromatic N) is 3. The highest BCUT2D eigenvalue weighted by molar-refractivity contribution is 7.22. The highest BCUT2D eigenvalue weighted by Gasteiger charge is 2.51. The smallest absolute Gasteiger partial charge is 0.399 e. The van der Waals surface area contributed by atoms with Gasteiger partial charge in [-0.05, 0) is 52.3 Å². The number of aromatic nitrogens is 1. The van der Waals surface area contributed by atoms with Gasteiger partial charge in [-0.3, -0.25) is 0 Å². The Labute approximate surface area is 154 Å². The zero-order valence-corrected chi connectivity index (χ0v) is 16.5. The van der Waals surface area contributed by atoms with E-state index in [0.717, 1.165) is 42.3 Å². The summed E-state index contributed by atoms with van der Waals surface area (Å²) in [6.45, 7) is 12.6. The molecule has 25 heavy (non-hydrogen) atoms. The minimum atomic E-state index is -0.316. The zero-order chi connectivity index (χ0) is 17.8. The molecule has 2 saturated heterocycles.